The zero-order valence-corrected chi connectivity index (χ0v) is 9.57. The molecule has 2 heterocycles. The number of aryl methyl sites for hydroxylation is 1. The summed E-state index contributed by atoms with van der Waals surface area (Å²) in [6.45, 7) is 1.71. The summed E-state index contributed by atoms with van der Waals surface area (Å²) in [5, 5.41) is 0.974. The molecule has 2 rings (SSSR count). The van der Waals surface area contributed by atoms with E-state index in [4.69, 9.17) is 0 Å². The van der Waals surface area contributed by atoms with E-state index >= 15 is 0 Å². The minimum absolute atomic E-state index is 0.0854. The van der Waals surface area contributed by atoms with Gasteiger partial charge in [-0.15, -0.1) is 0 Å². The minimum Gasteiger partial charge on any atom is -0.337 e. The monoisotopic (exact) mass is 257 g/mol. The predicted octanol–water partition coefficient (Wildman–Crippen LogP) is 0.887. The molecule has 0 N–H and O–H groups in total. The number of likely N-dealkylation sites (tertiary alicyclic amines) is 1. The van der Waals surface area contributed by atoms with Crippen molar-refractivity contribution in [3.05, 3.63) is 18.2 Å². The minimum atomic E-state index is 0.0854. The van der Waals surface area contributed by atoms with Gasteiger partial charge in [-0.3, -0.25) is 4.79 Å². The van der Waals surface area contributed by atoms with Gasteiger partial charge in [0.1, 0.15) is 5.69 Å². The molecule has 76 valence electrons. The maximum atomic E-state index is 11.8. The third-order valence-corrected chi connectivity index (χ3v) is 3.41. The van der Waals surface area contributed by atoms with Gasteiger partial charge in [-0.25, -0.2) is 4.98 Å². The zero-order valence-electron chi connectivity index (χ0n) is 7.98. The highest BCUT2D eigenvalue weighted by molar-refractivity contribution is 9.09. The van der Waals surface area contributed by atoms with E-state index in [0.29, 0.717) is 11.6 Å². The number of halogens is 1. The lowest BCUT2D eigenvalue weighted by Crippen LogP contribution is -2.50. The lowest BCUT2D eigenvalue weighted by Gasteiger charge is -2.38. The van der Waals surface area contributed by atoms with Crippen LogP contribution < -0.4 is 0 Å². The van der Waals surface area contributed by atoms with Crippen LogP contribution in [0.5, 0.6) is 0 Å². The van der Waals surface area contributed by atoms with E-state index in [1.54, 1.807) is 17.1 Å². The van der Waals surface area contributed by atoms with Gasteiger partial charge in [0.15, 0.2) is 0 Å². The molecule has 0 bridgehead atoms. The van der Waals surface area contributed by atoms with Gasteiger partial charge in [0.05, 0.1) is 12.5 Å². The normalized spacial score (nSPS) is 16.9. The van der Waals surface area contributed by atoms with Crippen molar-refractivity contribution in [1.29, 1.82) is 0 Å². The van der Waals surface area contributed by atoms with Crippen LogP contribution in [0.2, 0.25) is 0 Å². The molecule has 1 aromatic rings. The van der Waals surface area contributed by atoms with Gasteiger partial charge in [-0.2, -0.15) is 0 Å². The Morgan fingerprint density at radius 3 is 2.93 bits per heavy atom. The number of rotatable bonds is 2. The molecule has 0 aromatic carbocycles. The lowest BCUT2D eigenvalue weighted by atomic mass is 10.0. The van der Waals surface area contributed by atoms with Crippen LogP contribution in [-0.2, 0) is 7.05 Å². The first-order valence-electron chi connectivity index (χ1n) is 4.54. The van der Waals surface area contributed by atoms with Crippen molar-refractivity contribution in [2.75, 3.05) is 18.4 Å². The molecule has 0 aliphatic carbocycles. The van der Waals surface area contributed by atoms with Crippen LogP contribution >= 0.6 is 15.9 Å². The quantitative estimate of drug-likeness (QED) is 0.739. The number of amides is 1. The van der Waals surface area contributed by atoms with E-state index in [1.165, 1.54) is 0 Å². The second-order valence-electron chi connectivity index (χ2n) is 3.62. The molecule has 1 saturated heterocycles. The first-order valence-corrected chi connectivity index (χ1v) is 5.66. The highest BCUT2D eigenvalue weighted by atomic mass is 79.9. The molecule has 4 nitrogen and oxygen atoms in total. The molecule has 0 unspecified atom stereocenters. The number of alkyl halides is 1. The Hall–Kier alpha value is -0.840. The Balaban J connectivity index is 2.01. The molecular weight excluding hydrogens is 246 g/mol. The summed E-state index contributed by atoms with van der Waals surface area (Å²) in [6.07, 6.45) is 3.26. The number of carbonyl (C=O) groups excluding carboxylic acids is 1. The van der Waals surface area contributed by atoms with Crippen LogP contribution in [0.15, 0.2) is 12.5 Å². The smallest absolute Gasteiger partial charge is 0.272 e. The molecule has 0 spiro atoms. The molecule has 1 aliphatic rings. The van der Waals surface area contributed by atoms with E-state index in [2.05, 4.69) is 20.9 Å². The maximum Gasteiger partial charge on any atom is 0.272 e. The number of aromatic nitrogens is 2. The van der Waals surface area contributed by atoms with Crippen LogP contribution in [0.25, 0.3) is 0 Å². The molecule has 0 saturated carbocycles. The fourth-order valence-corrected chi connectivity index (χ4v) is 1.97. The Labute approximate surface area is 91.0 Å². The number of hydrogen-bond donors (Lipinski definition) is 0. The molecule has 0 atom stereocenters. The average Bonchev–Trinajstić information content (AvgIpc) is 2.49. The zero-order chi connectivity index (χ0) is 10.1. The Morgan fingerprint density at radius 2 is 2.43 bits per heavy atom. The maximum absolute atomic E-state index is 11.8. The fraction of sp³-hybridized carbons (Fsp3) is 0.556. The van der Waals surface area contributed by atoms with Crippen molar-refractivity contribution in [2.24, 2.45) is 13.0 Å². The lowest BCUT2D eigenvalue weighted by molar-refractivity contribution is 0.0529. The Morgan fingerprint density at radius 1 is 1.71 bits per heavy atom. The molecular formula is C9H12BrN3O. The summed E-state index contributed by atoms with van der Waals surface area (Å²) in [7, 11) is 1.84. The Kier molecular flexibility index (Phi) is 2.58. The molecule has 1 aromatic heterocycles. The summed E-state index contributed by atoms with van der Waals surface area (Å²) in [6, 6.07) is 0. The van der Waals surface area contributed by atoms with Crippen LogP contribution in [0.4, 0.5) is 0 Å². The van der Waals surface area contributed by atoms with Crippen LogP contribution in [0.3, 0.4) is 0 Å². The summed E-state index contributed by atoms with van der Waals surface area (Å²) < 4.78 is 1.75. The van der Waals surface area contributed by atoms with E-state index in [0.717, 1.165) is 18.4 Å². The molecule has 1 amide bonds. The standard InChI is InChI=1S/C9H12BrN3O/c1-12-6-11-3-8(12)9(14)13-4-7(2-10)5-13/h3,6-7H,2,4-5H2,1H3. The summed E-state index contributed by atoms with van der Waals surface area (Å²) in [5.74, 6) is 0.703. The van der Waals surface area contributed by atoms with Crippen molar-refractivity contribution >= 4 is 21.8 Å². The molecule has 5 heteroatoms. The van der Waals surface area contributed by atoms with Gasteiger partial charge in [0.2, 0.25) is 0 Å². The highest BCUT2D eigenvalue weighted by Gasteiger charge is 2.31. The van der Waals surface area contributed by atoms with E-state index in [9.17, 15) is 4.79 Å². The molecule has 1 aliphatic heterocycles. The topological polar surface area (TPSA) is 38.1 Å². The average molecular weight is 258 g/mol. The number of imidazole rings is 1. The van der Waals surface area contributed by atoms with E-state index in [1.807, 2.05) is 11.9 Å². The first-order chi connectivity index (χ1) is 6.72. The van der Waals surface area contributed by atoms with Crippen molar-refractivity contribution in [1.82, 2.24) is 14.5 Å². The van der Waals surface area contributed by atoms with Crippen molar-refractivity contribution < 1.29 is 4.79 Å². The summed E-state index contributed by atoms with van der Waals surface area (Å²) in [5.41, 5.74) is 0.665. The van der Waals surface area contributed by atoms with E-state index < -0.39 is 0 Å². The number of carbonyl (C=O) groups is 1. The van der Waals surface area contributed by atoms with E-state index in [-0.39, 0.29) is 5.91 Å². The van der Waals surface area contributed by atoms with Crippen LogP contribution in [0.1, 0.15) is 10.5 Å². The van der Waals surface area contributed by atoms with Gasteiger partial charge in [-0.1, -0.05) is 15.9 Å². The number of nitrogens with zero attached hydrogens (tertiary/aromatic N) is 3. The second-order valence-corrected chi connectivity index (χ2v) is 4.27. The van der Waals surface area contributed by atoms with Gasteiger partial charge in [0.25, 0.3) is 5.91 Å². The number of hydrogen-bond acceptors (Lipinski definition) is 2. The van der Waals surface area contributed by atoms with Crippen molar-refractivity contribution in [3.63, 3.8) is 0 Å². The molecule has 1 fully saturated rings. The first kappa shape index (κ1) is 9.71. The summed E-state index contributed by atoms with van der Waals surface area (Å²) >= 11 is 3.41. The summed E-state index contributed by atoms with van der Waals surface area (Å²) in [4.78, 5) is 17.6. The largest absolute Gasteiger partial charge is 0.337 e. The van der Waals surface area contributed by atoms with Crippen molar-refractivity contribution in [2.45, 2.75) is 0 Å². The third kappa shape index (κ3) is 1.56. The van der Waals surface area contributed by atoms with Crippen LogP contribution in [0, 0.1) is 5.92 Å². The van der Waals surface area contributed by atoms with Gasteiger partial charge in [0, 0.05) is 31.4 Å². The highest BCUT2D eigenvalue weighted by Crippen LogP contribution is 2.19. The molecule has 14 heavy (non-hydrogen) atoms. The van der Waals surface area contributed by atoms with Gasteiger partial charge in [-0.05, 0) is 0 Å². The fourth-order valence-electron chi connectivity index (χ4n) is 1.56. The van der Waals surface area contributed by atoms with Crippen molar-refractivity contribution in [3.8, 4) is 0 Å². The molecule has 0 radical (unpaired) electrons. The third-order valence-electron chi connectivity index (χ3n) is 2.50. The van der Waals surface area contributed by atoms with Gasteiger partial charge < -0.3 is 9.47 Å². The predicted molar refractivity (Wildman–Crippen MR) is 56.4 cm³/mol. The SMILES string of the molecule is Cn1cncc1C(=O)N1CC(CBr)C1. The Bertz CT molecular complexity index is 344. The van der Waals surface area contributed by atoms with Crippen LogP contribution in [-0.4, -0.2) is 38.8 Å². The second kappa shape index (κ2) is 3.73. The van der Waals surface area contributed by atoms with Gasteiger partial charge >= 0.3 is 0 Å².